The molecule has 0 aliphatic carbocycles. The van der Waals surface area contributed by atoms with E-state index in [1.807, 2.05) is 0 Å². The number of carbonyl (C=O) groups is 2. The van der Waals surface area contributed by atoms with Gasteiger partial charge >= 0.3 is 12.2 Å². The Hall–Kier alpha value is -1.99. The Morgan fingerprint density at radius 1 is 1.08 bits per heavy atom. The average molecular weight is 387 g/mol. The van der Waals surface area contributed by atoms with E-state index in [2.05, 4.69) is 5.32 Å². The zero-order valence-corrected chi connectivity index (χ0v) is 17.1. The van der Waals surface area contributed by atoms with Crippen LogP contribution in [0.4, 0.5) is 15.3 Å². The number of benzene rings is 1. The molecule has 7 nitrogen and oxygen atoms in total. The maximum atomic E-state index is 12.1. The van der Waals surface area contributed by atoms with Gasteiger partial charge in [0.25, 0.3) is 0 Å². The fourth-order valence-electron chi connectivity index (χ4n) is 1.85. The van der Waals surface area contributed by atoms with Crippen LogP contribution in [0.1, 0.15) is 47.1 Å². The van der Waals surface area contributed by atoms with Crippen molar-refractivity contribution < 1.29 is 23.9 Å². The molecule has 0 radical (unpaired) electrons. The second-order valence-electron chi connectivity index (χ2n) is 7.63. The topological polar surface area (TPSA) is 77.1 Å². The lowest BCUT2D eigenvalue weighted by atomic mass is 10.2. The van der Waals surface area contributed by atoms with Gasteiger partial charge in [-0.1, -0.05) is 17.7 Å². The van der Waals surface area contributed by atoms with Crippen molar-refractivity contribution in [2.75, 3.05) is 12.4 Å². The van der Waals surface area contributed by atoms with E-state index in [9.17, 15) is 9.59 Å². The number of hydrogen-bond acceptors (Lipinski definition) is 5. The molecule has 26 heavy (non-hydrogen) atoms. The minimum atomic E-state index is -0.640. The number of rotatable bonds is 4. The molecule has 2 amide bonds. The van der Waals surface area contributed by atoms with E-state index in [-0.39, 0.29) is 6.54 Å². The van der Waals surface area contributed by atoms with E-state index in [4.69, 9.17) is 25.9 Å². The molecule has 1 aromatic carbocycles. The summed E-state index contributed by atoms with van der Waals surface area (Å²) in [6, 6.07) is 4.92. The molecular formula is C18H27ClN2O5. The lowest BCUT2D eigenvalue weighted by molar-refractivity contribution is -0.129. The SMILES string of the molecule is CON(Cc1ccc(NC(=O)OC(C)(C)C)cc1Cl)C(=O)OC(C)(C)C. The highest BCUT2D eigenvalue weighted by molar-refractivity contribution is 6.31. The fourth-order valence-corrected chi connectivity index (χ4v) is 2.09. The van der Waals surface area contributed by atoms with E-state index in [1.54, 1.807) is 59.7 Å². The first kappa shape index (κ1) is 22.1. The molecule has 0 fully saturated rings. The van der Waals surface area contributed by atoms with Crippen LogP contribution in [0.3, 0.4) is 0 Å². The molecule has 0 aromatic heterocycles. The molecule has 1 rings (SSSR count). The standard InChI is InChI=1S/C18H27ClN2O5/c1-17(2,3)25-15(22)20-13-9-8-12(14(19)10-13)11-21(24-7)16(23)26-18(4,5)6/h8-10H,11H2,1-7H3,(H,20,22). The van der Waals surface area contributed by atoms with E-state index < -0.39 is 23.4 Å². The minimum absolute atomic E-state index is 0.0942. The minimum Gasteiger partial charge on any atom is -0.444 e. The van der Waals surface area contributed by atoms with Crippen molar-refractivity contribution in [1.29, 1.82) is 0 Å². The highest BCUT2D eigenvalue weighted by Gasteiger charge is 2.23. The van der Waals surface area contributed by atoms with Gasteiger partial charge in [-0.25, -0.2) is 9.59 Å². The van der Waals surface area contributed by atoms with Gasteiger partial charge < -0.3 is 9.47 Å². The van der Waals surface area contributed by atoms with Crippen LogP contribution in [-0.2, 0) is 20.9 Å². The number of nitrogens with zero attached hydrogens (tertiary/aromatic N) is 1. The van der Waals surface area contributed by atoms with Crippen molar-refractivity contribution in [2.45, 2.75) is 59.3 Å². The highest BCUT2D eigenvalue weighted by atomic mass is 35.5. The van der Waals surface area contributed by atoms with Gasteiger partial charge in [-0.15, -0.1) is 0 Å². The van der Waals surface area contributed by atoms with E-state index in [1.165, 1.54) is 7.11 Å². The number of hydrogen-bond donors (Lipinski definition) is 1. The number of nitrogens with one attached hydrogen (secondary N) is 1. The summed E-state index contributed by atoms with van der Waals surface area (Å²) in [5.74, 6) is 0. The molecule has 0 bridgehead atoms. The van der Waals surface area contributed by atoms with Crippen molar-refractivity contribution in [3.8, 4) is 0 Å². The summed E-state index contributed by atoms with van der Waals surface area (Å²) >= 11 is 6.26. The van der Waals surface area contributed by atoms with E-state index in [0.29, 0.717) is 16.3 Å². The summed E-state index contributed by atoms with van der Waals surface area (Å²) in [4.78, 5) is 29.0. The Morgan fingerprint density at radius 2 is 1.65 bits per heavy atom. The molecule has 0 aliphatic rings. The van der Waals surface area contributed by atoms with Crippen LogP contribution in [0, 0.1) is 0 Å². The number of anilines is 1. The van der Waals surface area contributed by atoms with Crippen LogP contribution in [0.2, 0.25) is 5.02 Å². The predicted octanol–water partition coefficient (Wildman–Crippen LogP) is 4.99. The lowest BCUT2D eigenvalue weighted by Gasteiger charge is -2.25. The quantitative estimate of drug-likeness (QED) is 0.738. The highest BCUT2D eigenvalue weighted by Crippen LogP contribution is 2.24. The van der Waals surface area contributed by atoms with Crippen molar-refractivity contribution in [2.24, 2.45) is 0 Å². The maximum absolute atomic E-state index is 12.1. The Morgan fingerprint density at radius 3 is 2.12 bits per heavy atom. The average Bonchev–Trinajstić information content (AvgIpc) is 2.42. The van der Waals surface area contributed by atoms with Gasteiger partial charge in [0.15, 0.2) is 0 Å². The molecule has 0 aliphatic heterocycles. The molecule has 146 valence electrons. The van der Waals surface area contributed by atoms with Crippen molar-refractivity contribution >= 4 is 29.5 Å². The molecule has 0 unspecified atom stereocenters. The number of hydroxylamine groups is 2. The van der Waals surface area contributed by atoms with Crippen LogP contribution in [-0.4, -0.2) is 35.6 Å². The van der Waals surface area contributed by atoms with Crippen molar-refractivity contribution in [3.05, 3.63) is 28.8 Å². The normalized spacial score (nSPS) is 11.7. The molecular weight excluding hydrogens is 360 g/mol. The third kappa shape index (κ3) is 7.93. The van der Waals surface area contributed by atoms with E-state index >= 15 is 0 Å². The predicted molar refractivity (Wildman–Crippen MR) is 100 cm³/mol. The summed E-state index contributed by atoms with van der Waals surface area (Å²) in [7, 11) is 1.37. The van der Waals surface area contributed by atoms with Gasteiger partial charge in [0.1, 0.15) is 11.2 Å². The number of halogens is 1. The molecule has 0 spiro atoms. The Labute approximate surface area is 159 Å². The number of carbonyl (C=O) groups excluding carboxylic acids is 2. The Balaban J connectivity index is 2.80. The third-order valence-corrected chi connectivity index (χ3v) is 3.18. The van der Waals surface area contributed by atoms with Crippen molar-refractivity contribution in [3.63, 3.8) is 0 Å². The van der Waals surface area contributed by atoms with Gasteiger partial charge in [-0.05, 0) is 59.2 Å². The first-order valence-corrected chi connectivity index (χ1v) is 8.51. The zero-order chi connectivity index (χ0) is 20.1. The summed E-state index contributed by atoms with van der Waals surface area (Å²) in [6.07, 6.45) is -1.19. The molecule has 0 heterocycles. The molecule has 0 atom stereocenters. The zero-order valence-electron chi connectivity index (χ0n) is 16.3. The summed E-state index contributed by atoms with van der Waals surface area (Å²) in [5, 5.41) is 4.03. The van der Waals surface area contributed by atoms with Crippen LogP contribution in [0.25, 0.3) is 0 Å². The second kappa shape index (κ2) is 8.60. The first-order chi connectivity index (χ1) is 11.8. The third-order valence-electron chi connectivity index (χ3n) is 2.83. The lowest BCUT2D eigenvalue weighted by Crippen LogP contribution is -2.35. The largest absolute Gasteiger partial charge is 0.444 e. The molecule has 1 N–H and O–H groups in total. The smallest absolute Gasteiger partial charge is 0.434 e. The molecule has 0 saturated heterocycles. The summed E-state index contributed by atoms with van der Waals surface area (Å²) < 4.78 is 10.5. The van der Waals surface area contributed by atoms with Crippen LogP contribution < -0.4 is 5.32 Å². The number of ether oxygens (including phenoxy) is 2. The van der Waals surface area contributed by atoms with E-state index in [0.717, 1.165) is 5.06 Å². The van der Waals surface area contributed by atoms with Gasteiger partial charge in [0, 0.05) is 10.7 Å². The fraction of sp³-hybridized carbons (Fsp3) is 0.556. The molecule has 1 aromatic rings. The molecule has 8 heteroatoms. The van der Waals surface area contributed by atoms with Gasteiger partial charge in [-0.3, -0.25) is 10.2 Å². The van der Waals surface area contributed by atoms with Gasteiger partial charge in [0.2, 0.25) is 0 Å². The first-order valence-electron chi connectivity index (χ1n) is 8.14. The summed E-state index contributed by atoms with van der Waals surface area (Å²) in [5.41, 5.74) is -0.123. The van der Waals surface area contributed by atoms with Crippen LogP contribution >= 0.6 is 11.6 Å². The monoisotopic (exact) mass is 386 g/mol. The van der Waals surface area contributed by atoms with Gasteiger partial charge in [-0.2, -0.15) is 5.06 Å². The van der Waals surface area contributed by atoms with Gasteiger partial charge in [0.05, 0.1) is 13.7 Å². The maximum Gasteiger partial charge on any atom is 0.434 e. The molecule has 0 saturated carbocycles. The number of amides is 2. The van der Waals surface area contributed by atoms with Crippen LogP contribution in [0.15, 0.2) is 18.2 Å². The van der Waals surface area contributed by atoms with Crippen molar-refractivity contribution in [1.82, 2.24) is 5.06 Å². The Bertz CT molecular complexity index is 650. The Kier molecular flexibility index (Phi) is 7.29. The summed E-state index contributed by atoms with van der Waals surface area (Å²) in [6.45, 7) is 10.7. The van der Waals surface area contributed by atoms with Crippen LogP contribution in [0.5, 0.6) is 0 Å². The second-order valence-corrected chi connectivity index (χ2v) is 8.04.